The molecule has 2 aromatic carbocycles. The summed E-state index contributed by atoms with van der Waals surface area (Å²) >= 11 is 0. The van der Waals surface area contributed by atoms with E-state index < -0.39 is 0 Å². The summed E-state index contributed by atoms with van der Waals surface area (Å²) < 4.78 is 26.4. The van der Waals surface area contributed by atoms with Crippen molar-refractivity contribution in [1.82, 2.24) is 20.0 Å². The first-order chi connectivity index (χ1) is 15.5. The van der Waals surface area contributed by atoms with Gasteiger partial charge in [-0.3, -0.25) is 9.69 Å². The van der Waals surface area contributed by atoms with Gasteiger partial charge in [0.05, 0.1) is 6.04 Å². The first-order valence-electron chi connectivity index (χ1n) is 11.0. The second-order valence-corrected chi connectivity index (χ2v) is 8.36. The number of rotatable bonds is 5. The smallest absolute Gasteiger partial charge is 0.317 e. The van der Waals surface area contributed by atoms with Crippen LogP contribution in [0.1, 0.15) is 24.0 Å². The maximum atomic E-state index is 13.3. The minimum atomic E-state index is -0.322. The van der Waals surface area contributed by atoms with Crippen LogP contribution in [0.25, 0.3) is 0 Å². The Kier molecular flexibility index (Phi) is 6.99. The van der Waals surface area contributed by atoms with E-state index >= 15 is 0 Å². The van der Waals surface area contributed by atoms with E-state index in [1.807, 2.05) is 4.90 Å². The van der Waals surface area contributed by atoms with Crippen molar-refractivity contribution in [2.45, 2.75) is 32.0 Å². The number of carbonyl (C=O) groups excluding carboxylic acids is 2. The van der Waals surface area contributed by atoms with E-state index in [0.29, 0.717) is 38.3 Å². The van der Waals surface area contributed by atoms with E-state index in [1.165, 1.54) is 24.3 Å². The summed E-state index contributed by atoms with van der Waals surface area (Å²) in [7, 11) is 0. The Morgan fingerprint density at radius 2 is 1.75 bits per heavy atom. The van der Waals surface area contributed by atoms with E-state index in [4.69, 9.17) is 0 Å². The van der Waals surface area contributed by atoms with Crippen molar-refractivity contribution >= 4 is 11.9 Å². The minimum Gasteiger partial charge on any atom is -0.337 e. The van der Waals surface area contributed by atoms with Gasteiger partial charge in [-0.2, -0.15) is 0 Å². The molecule has 0 spiro atoms. The van der Waals surface area contributed by atoms with Gasteiger partial charge in [0.2, 0.25) is 5.91 Å². The molecule has 2 aliphatic heterocycles. The van der Waals surface area contributed by atoms with Gasteiger partial charge < -0.3 is 15.1 Å². The van der Waals surface area contributed by atoms with Gasteiger partial charge in [-0.1, -0.05) is 24.3 Å². The van der Waals surface area contributed by atoms with Gasteiger partial charge in [0.25, 0.3) is 0 Å². The third-order valence-electron chi connectivity index (χ3n) is 6.15. The minimum absolute atomic E-state index is 0.0957. The molecule has 0 aliphatic carbocycles. The molecule has 0 radical (unpaired) electrons. The van der Waals surface area contributed by atoms with Crippen LogP contribution in [0.3, 0.4) is 0 Å². The van der Waals surface area contributed by atoms with Gasteiger partial charge in [0.15, 0.2) is 0 Å². The molecule has 4 rings (SSSR count). The molecule has 8 heteroatoms. The fourth-order valence-electron chi connectivity index (χ4n) is 4.42. The quantitative estimate of drug-likeness (QED) is 0.775. The summed E-state index contributed by atoms with van der Waals surface area (Å²) in [5, 5.41) is 2.86. The van der Waals surface area contributed by atoms with Crippen LogP contribution in [0.15, 0.2) is 48.5 Å². The molecule has 2 heterocycles. The summed E-state index contributed by atoms with van der Waals surface area (Å²) in [6, 6.07) is 12.1. The Bertz CT molecular complexity index is 953. The second kappa shape index (κ2) is 10.1. The van der Waals surface area contributed by atoms with Crippen molar-refractivity contribution in [2.75, 3.05) is 32.7 Å². The zero-order chi connectivity index (χ0) is 22.5. The second-order valence-electron chi connectivity index (χ2n) is 8.36. The number of urea groups is 1. The molecule has 0 aromatic heterocycles. The molecule has 0 saturated carbocycles. The van der Waals surface area contributed by atoms with Crippen molar-refractivity contribution in [1.29, 1.82) is 0 Å². The topological polar surface area (TPSA) is 55.9 Å². The highest BCUT2D eigenvalue weighted by Crippen LogP contribution is 2.21. The van der Waals surface area contributed by atoms with Gasteiger partial charge in [0.1, 0.15) is 11.6 Å². The Morgan fingerprint density at radius 3 is 2.53 bits per heavy atom. The number of benzene rings is 2. The molecule has 2 aromatic rings. The molecule has 2 fully saturated rings. The van der Waals surface area contributed by atoms with Crippen molar-refractivity contribution in [3.05, 3.63) is 71.3 Å². The summed E-state index contributed by atoms with van der Waals surface area (Å²) in [6.07, 6.45) is 1.54. The lowest BCUT2D eigenvalue weighted by molar-refractivity contribution is -0.132. The van der Waals surface area contributed by atoms with Crippen LogP contribution in [0.5, 0.6) is 0 Å². The lowest BCUT2D eigenvalue weighted by Gasteiger charge is -2.26. The van der Waals surface area contributed by atoms with E-state index in [-0.39, 0.29) is 36.2 Å². The third kappa shape index (κ3) is 5.43. The Balaban J connectivity index is 1.27. The fraction of sp³-hybridized carbons (Fsp3) is 0.417. The van der Waals surface area contributed by atoms with Crippen LogP contribution in [-0.4, -0.2) is 65.4 Å². The van der Waals surface area contributed by atoms with Gasteiger partial charge >= 0.3 is 6.03 Å². The average Bonchev–Trinajstić information content (AvgIpc) is 2.99. The summed E-state index contributed by atoms with van der Waals surface area (Å²) in [4.78, 5) is 31.3. The first kappa shape index (κ1) is 22.2. The largest absolute Gasteiger partial charge is 0.337 e. The lowest BCUT2D eigenvalue weighted by atomic mass is 10.2. The molecular weight excluding hydrogens is 414 g/mol. The molecule has 2 aliphatic rings. The number of nitrogens with zero attached hydrogens (tertiary/aromatic N) is 3. The number of amides is 3. The van der Waals surface area contributed by atoms with Crippen LogP contribution in [0, 0.1) is 11.6 Å². The molecule has 170 valence electrons. The maximum Gasteiger partial charge on any atom is 0.317 e. The summed E-state index contributed by atoms with van der Waals surface area (Å²) in [6.45, 7) is 3.98. The van der Waals surface area contributed by atoms with Crippen LogP contribution in [-0.2, 0) is 17.9 Å². The van der Waals surface area contributed by atoms with E-state index in [1.54, 1.807) is 29.2 Å². The highest BCUT2D eigenvalue weighted by molar-refractivity contribution is 5.84. The molecule has 3 amide bonds. The monoisotopic (exact) mass is 442 g/mol. The van der Waals surface area contributed by atoms with E-state index in [2.05, 4.69) is 10.2 Å². The van der Waals surface area contributed by atoms with E-state index in [9.17, 15) is 18.4 Å². The molecule has 1 N–H and O–H groups in total. The molecular formula is C24H28F2N4O2. The molecule has 1 atom stereocenters. The average molecular weight is 443 g/mol. The molecule has 32 heavy (non-hydrogen) atoms. The number of hydrogen-bond acceptors (Lipinski definition) is 3. The highest BCUT2D eigenvalue weighted by Gasteiger charge is 2.36. The van der Waals surface area contributed by atoms with Gasteiger partial charge in [-0.05, 0) is 48.2 Å². The van der Waals surface area contributed by atoms with Crippen molar-refractivity contribution in [2.24, 2.45) is 0 Å². The van der Waals surface area contributed by atoms with Gasteiger partial charge in [-0.25, -0.2) is 13.6 Å². The zero-order valence-electron chi connectivity index (χ0n) is 18.0. The number of hydrogen-bond donors (Lipinski definition) is 1. The van der Waals surface area contributed by atoms with Crippen LogP contribution >= 0.6 is 0 Å². The Morgan fingerprint density at radius 1 is 0.938 bits per heavy atom. The summed E-state index contributed by atoms with van der Waals surface area (Å²) in [5.74, 6) is -0.510. The predicted molar refractivity (Wildman–Crippen MR) is 117 cm³/mol. The third-order valence-corrected chi connectivity index (χ3v) is 6.15. The van der Waals surface area contributed by atoms with Crippen molar-refractivity contribution < 1.29 is 18.4 Å². The van der Waals surface area contributed by atoms with Gasteiger partial charge in [-0.15, -0.1) is 0 Å². The number of carbonyl (C=O) groups is 2. The van der Waals surface area contributed by atoms with E-state index in [0.717, 1.165) is 24.9 Å². The molecule has 1 unspecified atom stereocenters. The number of halogens is 2. The Labute approximate surface area is 186 Å². The normalized spacial score (nSPS) is 19.8. The van der Waals surface area contributed by atoms with Crippen molar-refractivity contribution in [3.8, 4) is 0 Å². The van der Waals surface area contributed by atoms with Crippen LogP contribution in [0.2, 0.25) is 0 Å². The standard InChI is InChI=1S/C24H28F2N4O2/c25-20-7-5-18(6-8-20)17-30-12-9-22(23(30)31)28-10-2-11-29(14-13-28)24(32)27-16-19-3-1-4-21(26)15-19/h1,3-8,15,22H,2,9-14,16-17H2,(H,27,32). The predicted octanol–water partition coefficient (Wildman–Crippen LogP) is 2.98. The number of nitrogens with one attached hydrogen (secondary N) is 1. The van der Waals surface area contributed by atoms with Crippen LogP contribution < -0.4 is 5.32 Å². The van der Waals surface area contributed by atoms with Crippen molar-refractivity contribution in [3.63, 3.8) is 0 Å². The highest BCUT2D eigenvalue weighted by atomic mass is 19.1. The lowest BCUT2D eigenvalue weighted by Crippen LogP contribution is -2.45. The first-order valence-corrected chi connectivity index (χ1v) is 11.0. The Hall–Kier alpha value is -3.00. The maximum absolute atomic E-state index is 13.3. The molecule has 0 bridgehead atoms. The molecule has 6 nitrogen and oxygen atoms in total. The SMILES string of the molecule is O=C(NCc1cccc(F)c1)N1CCCN(C2CCN(Cc3ccc(F)cc3)C2=O)CC1. The zero-order valence-corrected chi connectivity index (χ0v) is 18.0. The molecule has 2 saturated heterocycles. The number of likely N-dealkylation sites (tertiary alicyclic amines) is 1. The fourth-order valence-corrected chi connectivity index (χ4v) is 4.42. The summed E-state index contributed by atoms with van der Waals surface area (Å²) in [5.41, 5.74) is 1.63. The van der Waals surface area contributed by atoms with Gasteiger partial charge in [0, 0.05) is 45.8 Å². The van der Waals surface area contributed by atoms with Crippen LogP contribution in [0.4, 0.5) is 13.6 Å².